The molecule has 0 aliphatic carbocycles. The smallest absolute Gasteiger partial charge is 0.207 e. The quantitative estimate of drug-likeness (QED) is 0.597. The SMILES string of the molecule is CCOCCCn1ccnc1Nc1ccccc1I. The number of para-hydroxylation sites is 1. The van der Waals surface area contributed by atoms with E-state index in [1.54, 1.807) is 0 Å². The first-order valence-electron chi connectivity index (χ1n) is 6.41. The Hall–Kier alpha value is -1.08. The predicted octanol–water partition coefficient (Wildman–Crippen LogP) is 3.66. The molecule has 19 heavy (non-hydrogen) atoms. The third-order valence-electron chi connectivity index (χ3n) is 2.73. The van der Waals surface area contributed by atoms with Crippen LogP contribution in [0.25, 0.3) is 0 Å². The van der Waals surface area contributed by atoms with Crippen LogP contribution in [0.5, 0.6) is 0 Å². The molecule has 102 valence electrons. The number of anilines is 2. The summed E-state index contributed by atoms with van der Waals surface area (Å²) in [5, 5.41) is 3.37. The molecule has 0 fully saturated rings. The molecule has 0 aliphatic heterocycles. The molecule has 0 saturated heterocycles. The maximum Gasteiger partial charge on any atom is 0.207 e. The fraction of sp³-hybridized carbons (Fsp3) is 0.357. The van der Waals surface area contributed by atoms with Crippen LogP contribution in [0.4, 0.5) is 11.6 Å². The number of imidazole rings is 1. The molecule has 0 spiro atoms. The fourth-order valence-corrected chi connectivity index (χ4v) is 2.30. The number of benzene rings is 1. The highest BCUT2D eigenvalue weighted by Crippen LogP contribution is 2.21. The average Bonchev–Trinajstić information content (AvgIpc) is 2.85. The Morgan fingerprint density at radius 1 is 1.37 bits per heavy atom. The second-order valence-corrected chi connectivity index (χ2v) is 5.26. The maximum atomic E-state index is 5.35. The molecule has 1 heterocycles. The summed E-state index contributed by atoms with van der Waals surface area (Å²) in [6.45, 7) is 4.49. The van der Waals surface area contributed by atoms with Crippen molar-refractivity contribution < 1.29 is 4.74 Å². The molecule has 1 aromatic carbocycles. The van der Waals surface area contributed by atoms with Crippen LogP contribution in [0.3, 0.4) is 0 Å². The van der Waals surface area contributed by atoms with E-state index < -0.39 is 0 Å². The lowest BCUT2D eigenvalue weighted by molar-refractivity contribution is 0.142. The predicted molar refractivity (Wildman–Crippen MR) is 85.8 cm³/mol. The zero-order valence-corrected chi connectivity index (χ0v) is 13.1. The molecule has 0 bridgehead atoms. The van der Waals surface area contributed by atoms with Gasteiger partial charge in [0.15, 0.2) is 0 Å². The largest absolute Gasteiger partial charge is 0.382 e. The molecule has 0 saturated carbocycles. The summed E-state index contributed by atoms with van der Waals surface area (Å²) in [5.41, 5.74) is 1.08. The Labute approximate surface area is 127 Å². The highest BCUT2D eigenvalue weighted by atomic mass is 127. The summed E-state index contributed by atoms with van der Waals surface area (Å²) in [4.78, 5) is 4.36. The van der Waals surface area contributed by atoms with Crippen LogP contribution in [0.2, 0.25) is 0 Å². The van der Waals surface area contributed by atoms with Crippen LogP contribution in [0, 0.1) is 3.57 Å². The van der Waals surface area contributed by atoms with Crippen molar-refractivity contribution in [2.75, 3.05) is 18.5 Å². The Kier molecular flexibility index (Phi) is 5.65. The van der Waals surface area contributed by atoms with E-state index in [0.29, 0.717) is 0 Å². The average molecular weight is 371 g/mol. The molecule has 0 amide bonds. The standard InChI is InChI=1S/C14H18IN3O/c1-2-19-11-5-9-18-10-8-16-14(18)17-13-7-4-3-6-12(13)15/h3-4,6-8,10H,2,5,9,11H2,1H3,(H,16,17). The first-order valence-corrected chi connectivity index (χ1v) is 7.49. The second-order valence-electron chi connectivity index (χ2n) is 4.10. The lowest BCUT2D eigenvalue weighted by Gasteiger charge is -2.11. The minimum atomic E-state index is 0.775. The Bertz CT molecular complexity index is 513. The van der Waals surface area contributed by atoms with Gasteiger partial charge in [-0.1, -0.05) is 12.1 Å². The third-order valence-corrected chi connectivity index (χ3v) is 3.67. The van der Waals surface area contributed by atoms with Gasteiger partial charge in [-0.2, -0.15) is 0 Å². The van der Waals surface area contributed by atoms with Crippen molar-refractivity contribution in [2.45, 2.75) is 19.9 Å². The van der Waals surface area contributed by atoms with Gasteiger partial charge >= 0.3 is 0 Å². The van der Waals surface area contributed by atoms with Crippen molar-refractivity contribution >= 4 is 34.2 Å². The molecule has 2 aromatic rings. The van der Waals surface area contributed by atoms with Gasteiger partial charge in [-0.05, 0) is 48.1 Å². The van der Waals surface area contributed by atoms with E-state index in [0.717, 1.165) is 37.8 Å². The van der Waals surface area contributed by atoms with Crippen molar-refractivity contribution in [3.05, 3.63) is 40.2 Å². The molecule has 0 radical (unpaired) electrons. The first kappa shape index (κ1) is 14.3. The van der Waals surface area contributed by atoms with Gasteiger partial charge in [-0.3, -0.25) is 0 Å². The number of hydrogen-bond acceptors (Lipinski definition) is 3. The van der Waals surface area contributed by atoms with Crippen molar-refractivity contribution in [3.63, 3.8) is 0 Å². The molecule has 1 N–H and O–H groups in total. The molecule has 2 rings (SSSR count). The number of hydrogen-bond donors (Lipinski definition) is 1. The minimum absolute atomic E-state index is 0.775. The molecule has 1 aromatic heterocycles. The summed E-state index contributed by atoms with van der Waals surface area (Å²) < 4.78 is 8.65. The lowest BCUT2D eigenvalue weighted by Crippen LogP contribution is -2.06. The monoisotopic (exact) mass is 371 g/mol. The highest BCUT2D eigenvalue weighted by molar-refractivity contribution is 14.1. The Morgan fingerprint density at radius 3 is 3.00 bits per heavy atom. The highest BCUT2D eigenvalue weighted by Gasteiger charge is 2.04. The van der Waals surface area contributed by atoms with Gasteiger partial charge < -0.3 is 14.6 Å². The van der Waals surface area contributed by atoms with Crippen molar-refractivity contribution in [3.8, 4) is 0 Å². The van der Waals surface area contributed by atoms with Crippen LogP contribution in [-0.2, 0) is 11.3 Å². The maximum absolute atomic E-state index is 5.35. The van der Waals surface area contributed by atoms with E-state index in [4.69, 9.17) is 4.74 Å². The number of nitrogens with zero attached hydrogens (tertiary/aromatic N) is 2. The summed E-state index contributed by atoms with van der Waals surface area (Å²) in [7, 11) is 0. The van der Waals surface area contributed by atoms with Gasteiger partial charge in [0.05, 0.1) is 5.69 Å². The summed E-state index contributed by atoms with van der Waals surface area (Å²) >= 11 is 2.32. The number of halogens is 1. The summed E-state index contributed by atoms with van der Waals surface area (Å²) in [6, 6.07) is 8.18. The Morgan fingerprint density at radius 2 is 2.21 bits per heavy atom. The van der Waals surface area contributed by atoms with Crippen LogP contribution in [-0.4, -0.2) is 22.8 Å². The Balaban J connectivity index is 1.98. The molecule has 0 aliphatic rings. The fourth-order valence-electron chi connectivity index (χ4n) is 1.78. The van der Waals surface area contributed by atoms with Gasteiger partial charge in [0.2, 0.25) is 5.95 Å². The number of aryl methyl sites for hydroxylation is 1. The molecular weight excluding hydrogens is 353 g/mol. The zero-order valence-electron chi connectivity index (χ0n) is 11.0. The van der Waals surface area contributed by atoms with E-state index in [1.165, 1.54) is 3.57 Å². The van der Waals surface area contributed by atoms with Gasteiger partial charge in [-0.25, -0.2) is 4.98 Å². The van der Waals surface area contributed by atoms with Crippen LogP contribution in [0.1, 0.15) is 13.3 Å². The van der Waals surface area contributed by atoms with E-state index in [9.17, 15) is 0 Å². The van der Waals surface area contributed by atoms with E-state index in [-0.39, 0.29) is 0 Å². The van der Waals surface area contributed by atoms with Crippen LogP contribution < -0.4 is 5.32 Å². The molecular formula is C14H18IN3O. The van der Waals surface area contributed by atoms with Gasteiger partial charge in [0, 0.05) is 35.7 Å². The van der Waals surface area contributed by atoms with E-state index >= 15 is 0 Å². The normalized spacial score (nSPS) is 10.6. The number of rotatable bonds is 7. The number of aromatic nitrogens is 2. The van der Waals surface area contributed by atoms with E-state index in [1.807, 2.05) is 31.5 Å². The molecule has 5 heteroatoms. The van der Waals surface area contributed by atoms with Gasteiger partial charge in [-0.15, -0.1) is 0 Å². The summed E-state index contributed by atoms with van der Waals surface area (Å²) in [6.07, 6.45) is 4.80. The number of nitrogens with one attached hydrogen (secondary N) is 1. The van der Waals surface area contributed by atoms with Crippen LogP contribution in [0.15, 0.2) is 36.7 Å². The van der Waals surface area contributed by atoms with Gasteiger partial charge in [0.25, 0.3) is 0 Å². The van der Waals surface area contributed by atoms with E-state index in [2.05, 4.69) is 49.6 Å². The summed E-state index contributed by atoms with van der Waals surface area (Å²) in [5.74, 6) is 0.876. The minimum Gasteiger partial charge on any atom is -0.382 e. The molecule has 0 unspecified atom stereocenters. The second kappa shape index (κ2) is 7.49. The van der Waals surface area contributed by atoms with Crippen LogP contribution >= 0.6 is 22.6 Å². The van der Waals surface area contributed by atoms with Gasteiger partial charge in [0.1, 0.15) is 0 Å². The molecule has 4 nitrogen and oxygen atoms in total. The number of ether oxygens (including phenoxy) is 1. The van der Waals surface area contributed by atoms with Crippen molar-refractivity contribution in [1.82, 2.24) is 9.55 Å². The first-order chi connectivity index (χ1) is 9.31. The topological polar surface area (TPSA) is 39.1 Å². The zero-order chi connectivity index (χ0) is 13.5. The third kappa shape index (κ3) is 4.21. The molecule has 0 atom stereocenters. The van der Waals surface area contributed by atoms with Crippen molar-refractivity contribution in [2.24, 2.45) is 0 Å². The lowest BCUT2D eigenvalue weighted by atomic mass is 10.3. The van der Waals surface area contributed by atoms with Crippen molar-refractivity contribution in [1.29, 1.82) is 0 Å².